The van der Waals surface area contributed by atoms with Crippen molar-refractivity contribution < 1.29 is 0 Å². The fourth-order valence-electron chi connectivity index (χ4n) is 2.38. The van der Waals surface area contributed by atoms with E-state index in [0.717, 1.165) is 30.8 Å². The molecule has 2 rings (SSSR count). The lowest BCUT2D eigenvalue weighted by Gasteiger charge is -2.15. The number of rotatable bonds is 7. The van der Waals surface area contributed by atoms with E-state index in [2.05, 4.69) is 58.8 Å². The Morgan fingerprint density at radius 1 is 1.14 bits per heavy atom. The molecule has 0 amide bonds. The highest BCUT2D eigenvalue weighted by molar-refractivity contribution is 5.56. The van der Waals surface area contributed by atoms with Crippen LogP contribution < -0.4 is 16.6 Å². The summed E-state index contributed by atoms with van der Waals surface area (Å²) < 4.78 is 0. The highest BCUT2D eigenvalue weighted by atomic mass is 15.3. The van der Waals surface area contributed by atoms with Gasteiger partial charge in [-0.05, 0) is 24.3 Å². The molecule has 0 bridgehead atoms. The van der Waals surface area contributed by atoms with Crippen LogP contribution in [0, 0.1) is 0 Å². The maximum Gasteiger partial charge on any atom is 0.148 e. The van der Waals surface area contributed by atoms with Gasteiger partial charge in [0.25, 0.3) is 0 Å². The molecule has 0 spiro atoms. The maximum absolute atomic E-state index is 5.48. The van der Waals surface area contributed by atoms with E-state index in [0.29, 0.717) is 11.7 Å². The molecule has 5 heteroatoms. The summed E-state index contributed by atoms with van der Waals surface area (Å²) in [5.41, 5.74) is 5.00. The number of benzene rings is 1. The first-order valence-corrected chi connectivity index (χ1v) is 7.35. The molecule has 1 aromatic heterocycles. The van der Waals surface area contributed by atoms with Crippen molar-refractivity contribution >= 4 is 11.6 Å². The molecule has 1 unspecified atom stereocenters. The van der Waals surface area contributed by atoms with Crippen LogP contribution >= 0.6 is 0 Å². The van der Waals surface area contributed by atoms with Gasteiger partial charge in [0.15, 0.2) is 0 Å². The van der Waals surface area contributed by atoms with Gasteiger partial charge in [-0.3, -0.25) is 0 Å². The Morgan fingerprint density at radius 3 is 2.52 bits per heavy atom. The van der Waals surface area contributed by atoms with Crippen molar-refractivity contribution in [3.63, 3.8) is 0 Å². The first-order chi connectivity index (χ1) is 10.3. The van der Waals surface area contributed by atoms with Crippen LogP contribution in [0.4, 0.5) is 11.6 Å². The van der Waals surface area contributed by atoms with Gasteiger partial charge in [0.05, 0.1) is 0 Å². The minimum Gasteiger partial charge on any atom is -0.370 e. The number of aromatic nitrogens is 2. The molecule has 0 saturated carbocycles. The van der Waals surface area contributed by atoms with Crippen LogP contribution in [0.2, 0.25) is 0 Å². The Labute approximate surface area is 126 Å². The monoisotopic (exact) mass is 285 g/mol. The molecular formula is C16H23N5. The van der Waals surface area contributed by atoms with Crippen molar-refractivity contribution in [3.8, 4) is 0 Å². The van der Waals surface area contributed by atoms with Crippen molar-refractivity contribution in [3.05, 3.63) is 47.8 Å². The summed E-state index contributed by atoms with van der Waals surface area (Å²) in [5, 5.41) is 3.39. The van der Waals surface area contributed by atoms with E-state index in [1.165, 1.54) is 11.9 Å². The van der Waals surface area contributed by atoms with Crippen LogP contribution in [0.1, 0.15) is 37.3 Å². The smallest absolute Gasteiger partial charge is 0.148 e. The van der Waals surface area contributed by atoms with Gasteiger partial charge in [0.2, 0.25) is 0 Å². The number of nitrogens with one attached hydrogen (secondary N) is 2. The van der Waals surface area contributed by atoms with Gasteiger partial charge in [0.1, 0.15) is 18.0 Å². The molecule has 2 aromatic rings. The standard InChI is InChI=1S/C16H23N5/c1-3-14-15(19-11-20-16(14)21-17)18-10-9-12(2)13-7-5-4-6-8-13/h4-8,11-12H,3,9-10,17H2,1-2H3,(H2,18,19,20,21). The lowest BCUT2D eigenvalue weighted by molar-refractivity contribution is 0.704. The first kappa shape index (κ1) is 15.3. The molecule has 0 fully saturated rings. The molecule has 0 aliphatic heterocycles. The van der Waals surface area contributed by atoms with Gasteiger partial charge in [-0.2, -0.15) is 0 Å². The predicted molar refractivity (Wildman–Crippen MR) is 87.2 cm³/mol. The molecule has 1 aromatic carbocycles. The summed E-state index contributed by atoms with van der Waals surface area (Å²) >= 11 is 0. The van der Waals surface area contributed by atoms with Crippen LogP contribution in [0.5, 0.6) is 0 Å². The van der Waals surface area contributed by atoms with Gasteiger partial charge >= 0.3 is 0 Å². The van der Waals surface area contributed by atoms with E-state index in [1.807, 2.05) is 6.07 Å². The molecule has 0 saturated heterocycles. The topological polar surface area (TPSA) is 75.9 Å². The molecule has 112 valence electrons. The third kappa shape index (κ3) is 3.92. The van der Waals surface area contributed by atoms with Crippen LogP contribution in [-0.2, 0) is 6.42 Å². The van der Waals surface area contributed by atoms with Crippen LogP contribution in [-0.4, -0.2) is 16.5 Å². The maximum atomic E-state index is 5.48. The molecule has 0 radical (unpaired) electrons. The zero-order chi connectivity index (χ0) is 15.1. The Hall–Kier alpha value is -2.14. The van der Waals surface area contributed by atoms with Gasteiger partial charge in [-0.25, -0.2) is 15.8 Å². The van der Waals surface area contributed by atoms with Gasteiger partial charge in [-0.15, -0.1) is 0 Å². The SMILES string of the molecule is CCc1c(NN)ncnc1NCCC(C)c1ccccc1. The molecule has 5 nitrogen and oxygen atoms in total. The number of nitrogens with zero attached hydrogens (tertiary/aromatic N) is 2. The summed E-state index contributed by atoms with van der Waals surface area (Å²) in [5.74, 6) is 7.54. The van der Waals surface area contributed by atoms with E-state index >= 15 is 0 Å². The zero-order valence-electron chi connectivity index (χ0n) is 12.6. The zero-order valence-corrected chi connectivity index (χ0v) is 12.6. The minimum atomic E-state index is 0.512. The minimum absolute atomic E-state index is 0.512. The molecule has 21 heavy (non-hydrogen) atoms. The van der Waals surface area contributed by atoms with E-state index < -0.39 is 0 Å². The molecular weight excluding hydrogens is 262 g/mol. The quantitative estimate of drug-likeness (QED) is 0.538. The lowest BCUT2D eigenvalue weighted by Crippen LogP contribution is -2.15. The molecule has 1 heterocycles. The fraction of sp³-hybridized carbons (Fsp3) is 0.375. The normalized spacial score (nSPS) is 12.0. The third-order valence-electron chi connectivity index (χ3n) is 3.67. The summed E-state index contributed by atoms with van der Waals surface area (Å²) in [6.07, 6.45) is 3.40. The van der Waals surface area contributed by atoms with Gasteiger partial charge in [0, 0.05) is 12.1 Å². The van der Waals surface area contributed by atoms with E-state index in [4.69, 9.17) is 5.84 Å². The van der Waals surface area contributed by atoms with Crippen molar-refractivity contribution in [2.45, 2.75) is 32.6 Å². The molecule has 4 N–H and O–H groups in total. The summed E-state index contributed by atoms with van der Waals surface area (Å²) in [7, 11) is 0. The predicted octanol–water partition coefficient (Wildman–Crippen LogP) is 2.93. The first-order valence-electron chi connectivity index (χ1n) is 7.35. The van der Waals surface area contributed by atoms with Crippen molar-refractivity contribution in [2.75, 3.05) is 17.3 Å². The molecule has 0 aliphatic carbocycles. The van der Waals surface area contributed by atoms with E-state index in [-0.39, 0.29) is 0 Å². The second-order valence-corrected chi connectivity index (χ2v) is 5.07. The largest absolute Gasteiger partial charge is 0.370 e. The van der Waals surface area contributed by atoms with Crippen LogP contribution in [0.3, 0.4) is 0 Å². The molecule has 0 aliphatic rings. The number of nitrogen functional groups attached to an aromatic ring is 1. The van der Waals surface area contributed by atoms with Crippen LogP contribution in [0.25, 0.3) is 0 Å². The van der Waals surface area contributed by atoms with Gasteiger partial charge in [-0.1, -0.05) is 44.2 Å². The van der Waals surface area contributed by atoms with Crippen molar-refractivity contribution in [1.82, 2.24) is 9.97 Å². The number of hydrogen-bond acceptors (Lipinski definition) is 5. The summed E-state index contributed by atoms with van der Waals surface area (Å²) in [4.78, 5) is 8.44. The number of nitrogens with two attached hydrogens (primary N) is 1. The summed E-state index contributed by atoms with van der Waals surface area (Å²) in [6.45, 7) is 5.17. The average molecular weight is 285 g/mol. The Balaban J connectivity index is 1.95. The van der Waals surface area contributed by atoms with Crippen molar-refractivity contribution in [2.24, 2.45) is 5.84 Å². The lowest BCUT2D eigenvalue weighted by atomic mass is 9.98. The highest BCUT2D eigenvalue weighted by Crippen LogP contribution is 2.21. The van der Waals surface area contributed by atoms with Crippen LogP contribution in [0.15, 0.2) is 36.7 Å². The Bertz CT molecular complexity index is 556. The van der Waals surface area contributed by atoms with Gasteiger partial charge < -0.3 is 10.7 Å². The Kier molecular flexibility index (Phi) is 5.51. The van der Waals surface area contributed by atoms with E-state index in [9.17, 15) is 0 Å². The highest BCUT2D eigenvalue weighted by Gasteiger charge is 2.09. The number of anilines is 2. The average Bonchev–Trinajstić information content (AvgIpc) is 2.55. The second kappa shape index (κ2) is 7.59. The fourth-order valence-corrected chi connectivity index (χ4v) is 2.38. The molecule has 1 atom stereocenters. The van der Waals surface area contributed by atoms with E-state index in [1.54, 1.807) is 0 Å². The second-order valence-electron chi connectivity index (χ2n) is 5.07. The Morgan fingerprint density at radius 2 is 1.86 bits per heavy atom. The van der Waals surface area contributed by atoms with Crippen molar-refractivity contribution in [1.29, 1.82) is 0 Å². The third-order valence-corrected chi connectivity index (χ3v) is 3.67. The summed E-state index contributed by atoms with van der Waals surface area (Å²) in [6, 6.07) is 10.5. The number of hydrogen-bond donors (Lipinski definition) is 3. The number of hydrazine groups is 1.